The lowest BCUT2D eigenvalue weighted by Gasteiger charge is -2.26. The maximum absolute atomic E-state index is 11.2. The number of hydrogen-bond donors (Lipinski definition) is 0. The second kappa shape index (κ2) is 4.91. The molecule has 1 rings (SSSR count). The van der Waals surface area contributed by atoms with E-state index >= 15 is 0 Å². The van der Waals surface area contributed by atoms with Crippen LogP contribution < -0.4 is 0 Å². The van der Waals surface area contributed by atoms with Crippen LogP contribution in [-0.4, -0.2) is 6.29 Å². The Morgan fingerprint density at radius 1 is 1.29 bits per heavy atom. The molecule has 0 aliphatic rings. The maximum Gasteiger partial charge on any atom is 0.130 e. The first-order chi connectivity index (χ1) is 6.70. The minimum absolute atomic E-state index is 0.280. The average molecular weight is 302 g/mol. The summed E-state index contributed by atoms with van der Waals surface area (Å²) in [6.07, 6.45) is 2.84. The summed E-state index contributed by atoms with van der Waals surface area (Å²) in [4.78, 5) is 11.2. The summed E-state index contributed by atoms with van der Waals surface area (Å²) in [5.74, 6) is 0. The summed E-state index contributed by atoms with van der Waals surface area (Å²) in [5, 5.41) is 0. The molecular weight excluding hydrogens is 287 g/mol. The summed E-state index contributed by atoms with van der Waals surface area (Å²) >= 11 is 2.30. The molecule has 0 fully saturated rings. The van der Waals surface area contributed by atoms with Gasteiger partial charge in [-0.25, -0.2) is 0 Å². The number of rotatable bonds is 4. The highest BCUT2D eigenvalue weighted by Gasteiger charge is 2.29. The Labute approximate surface area is 99.0 Å². The van der Waals surface area contributed by atoms with Gasteiger partial charge in [-0.2, -0.15) is 0 Å². The highest BCUT2D eigenvalue weighted by Crippen LogP contribution is 2.32. The van der Waals surface area contributed by atoms with E-state index in [1.807, 2.05) is 12.1 Å². The van der Waals surface area contributed by atoms with Crippen molar-refractivity contribution < 1.29 is 4.79 Å². The number of hydrogen-bond acceptors (Lipinski definition) is 1. The van der Waals surface area contributed by atoms with E-state index in [0.717, 1.165) is 19.1 Å². The van der Waals surface area contributed by atoms with E-state index in [-0.39, 0.29) is 5.41 Å². The Bertz CT molecular complexity index is 316. The molecule has 0 radical (unpaired) electrons. The van der Waals surface area contributed by atoms with Gasteiger partial charge in [0.05, 0.1) is 5.41 Å². The number of carbonyl (C=O) groups excluding carboxylic acids is 1. The molecule has 0 aromatic heterocycles. The van der Waals surface area contributed by atoms with Crippen LogP contribution in [0.15, 0.2) is 24.3 Å². The molecule has 1 aromatic rings. The van der Waals surface area contributed by atoms with Crippen LogP contribution in [0, 0.1) is 3.57 Å². The zero-order valence-electron chi connectivity index (χ0n) is 8.59. The summed E-state index contributed by atoms with van der Waals surface area (Å²) < 4.78 is 1.18. The lowest BCUT2D eigenvalue weighted by molar-refractivity contribution is -0.112. The quantitative estimate of drug-likeness (QED) is 0.614. The third-order valence-electron chi connectivity index (χ3n) is 2.90. The smallest absolute Gasteiger partial charge is 0.130 e. The van der Waals surface area contributed by atoms with Crippen LogP contribution in [0.1, 0.15) is 32.3 Å². The van der Waals surface area contributed by atoms with Gasteiger partial charge in [-0.3, -0.25) is 0 Å². The summed E-state index contributed by atoms with van der Waals surface area (Å²) in [6, 6.07) is 8.12. The molecule has 0 aliphatic heterocycles. The number of halogens is 1. The zero-order valence-corrected chi connectivity index (χ0v) is 10.7. The maximum atomic E-state index is 11.2. The number of benzene rings is 1. The molecule has 0 amide bonds. The molecule has 0 unspecified atom stereocenters. The van der Waals surface area contributed by atoms with Crippen molar-refractivity contribution in [3.05, 3.63) is 33.4 Å². The monoisotopic (exact) mass is 302 g/mol. The molecule has 0 bridgehead atoms. The molecule has 2 heteroatoms. The highest BCUT2D eigenvalue weighted by molar-refractivity contribution is 14.1. The van der Waals surface area contributed by atoms with Crippen LogP contribution in [0.4, 0.5) is 0 Å². The van der Waals surface area contributed by atoms with Gasteiger partial charge in [0.2, 0.25) is 0 Å². The van der Waals surface area contributed by atoms with Crippen LogP contribution in [0.5, 0.6) is 0 Å². The Kier molecular flexibility index (Phi) is 4.11. The van der Waals surface area contributed by atoms with Gasteiger partial charge >= 0.3 is 0 Å². The van der Waals surface area contributed by atoms with Crippen molar-refractivity contribution in [1.29, 1.82) is 0 Å². The van der Waals surface area contributed by atoms with E-state index in [4.69, 9.17) is 0 Å². The summed E-state index contributed by atoms with van der Waals surface area (Å²) in [7, 11) is 0. The molecule has 0 saturated carbocycles. The van der Waals surface area contributed by atoms with Gasteiger partial charge < -0.3 is 4.79 Å². The van der Waals surface area contributed by atoms with Crippen LogP contribution in [-0.2, 0) is 10.2 Å². The first-order valence-electron chi connectivity index (χ1n) is 4.91. The van der Waals surface area contributed by atoms with Gasteiger partial charge in [0.15, 0.2) is 0 Å². The first-order valence-corrected chi connectivity index (χ1v) is 5.99. The van der Waals surface area contributed by atoms with Gasteiger partial charge in [-0.15, -0.1) is 0 Å². The van der Waals surface area contributed by atoms with Gasteiger partial charge in [-0.1, -0.05) is 32.0 Å². The molecule has 0 N–H and O–H groups in total. The predicted molar refractivity (Wildman–Crippen MR) is 67.5 cm³/mol. The van der Waals surface area contributed by atoms with Crippen molar-refractivity contribution in [1.82, 2.24) is 0 Å². The lowest BCUT2D eigenvalue weighted by Crippen LogP contribution is -2.27. The molecular formula is C12H15IO. The van der Waals surface area contributed by atoms with Crippen molar-refractivity contribution in [2.24, 2.45) is 0 Å². The van der Waals surface area contributed by atoms with E-state index < -0.39 is 0 Å². The van der Waals surface area contributed by atoms with Crippen molar-refractivity contribution >= 4 is 28.9 Å². The minimum Gasteiger partial charge on any atom is -0.302 e. The number of aldehydes is 1. The number of carbonyl (C=O) groups is 1. The second-order valence-electron chi connectivity index (χ2n) is 3.46. The minimum atomic E-state index is -0.280. The third kappa shape index (κ3) is 2.00. The average Bonchev–Trinajstić information content (AvgIpc) is 2.24. The molecule has 1 aromatic carbocycles. The Hall–Kier alpha value is -0.380. The standard InChI is InChI=1S/C12H15IO/c1-3-12(4-2,9-14)10-7-5-6-8-11(10)13/h5-9H,3-4H2,1-2H3. The van der Waals surface area contributed by atoms with E-state index in [9.17, 15) is 4.79 Å². The van der Waals surface area contributed by atoms with Gasteiger partial charge in [-0.05, 0) is 47.1 Å². The topological polar surface area (TPSA) is 17.1 Å². The molecule has 0 aliphatic carbocycles. The molecule has 1 nitrogen and oxygen atoms in total. The van der Waals surface area contributed by atoms with Crippen LogP contribution in [0.2, 0.25) is 0 Å². The molecule has 0 atom stereocenters. The lowest BCUT2D eigenvalue weighted by atomic mass is 9.77. The van der Waals surface area contributed by atoms with Crippen LogP contribution in [0.3, 0.4) is 0 Å². The Balaban J connectivity index is 3.24. The second-order valence-corrected chi connectivity index (χ2v) is 4.62. The Morgan fingerprint density at radius 3 is 2.29 bits per heavy atom. The van der Waals surface area contributed by atoms with Crippen molar-refractivity contribution in [2.45, 2.75) is 32.1 Å². The normalized spacial score (nSPS) is 11.4. The molecule has 14 heavy (non-hydrogen) atoms. The van der Waals surface area contributed by atoms with Gasteiger partial charge in [0.1, 0.15) is 6.29 Å². The Morgan fingerprint density at radius 2 is 1.86 bits per heavy atom. The SMILES string of the molecule is CCC(C=O)(CC)c1ccccc1I. The largest absolute Gasteiger partial charge is 0.302 e. The van der Waals surface area contributed by atoms with E-state index in [1.165, 1.54) is 9.13 Å². The third-order valence-corrected chi connectivity index (χ3v) is 3.84. The zero-order chi connectivity index (χ0) is 10.6. The molecule has 76 valence electrons. The fourth-order valence-corrected chi connectivity index (χ4v) is 2.65. The van der Waals surface area contributed by atoms with Crippen LogP contribution >= 0.6 is 22.6 Å². The molecule has 0 spiro atoms. The van der Waals surface area contributed by atoms with Crippen molar-refractivity contribution in [3.63, 3.8) is 0 Å². The first kappa shape index (κ1) is 11.7. The van der Waals surface area contributed by atoms with Crippen LogP contribution in [0.25, 0.3) is 0 Å². The summed E-state index contributed by atoms with van der Waals surface area (Å²) in [5.41, 5.74) is 0.887. The van der Waals surface area contributed by atoms with Gasteiger partial charge in [0, 0.05) is 3.57 Å². The summed E-state index contributed by atoms with van der Waals surface area (Å²) in [6.45, 7) is 4.14. The van der Waals surface area contributed by atoms with E-state index in [1.54, 1.807) is 0 Å². The predicted octanol–water partition coefficient (Wildman–Crippen LogP) is 3.55. The van der Waals surface area contributed by atoms with Crippen molar-refractivity contribution in [3.8, 4) is 0 Å². The van der Waals surface area contributed by atoms with E-state index in [2.05, 4.69) is 48.6 Å². The fourth-order valence-electron chi connectivity index (χ4n) is 1.73. The highest BCUT2D eigenvalue weighted by atomic mass is 127. The molecule has 0 saturated heterocycles. The van der Waals surface area contributed by atoms with Crippen molar-refractivity contribution in [2.75, 3.05) is 0 Å². The fraction of sp³-hybridized carbons (Fsp3) is 0.417. The van der Waals surface area contributed by atoms with Gasteiger partial charge in [0.25, 0.3) is 0 Å². The molecule has 0 heterocycles. The van der Waals surface area contributed by atoms with E-state index in [0.29, 0.717) is 0 Å².